The molecule has 28 heavy (non-hydrogen) atoms. The fourth-order valence-corrected chi connectivity index (χ4v) is 4.18. The van der Waals surface area contributed by atoms with Crippen LogP contribution in [0.5, 0.6) is 0 Å². The second kappa shape index (κ2) is 12.8. The number of aliphatic hydroxyl groups is 1. The lowest BCUT2D eigenvalue weighted by molar-refractivity contribution is -0.140. The van der Waals surface area contributed by atoms with Gasteiger partial charge in [0.25, 0.3) is 0 Å². The van der Waals surface area contributed by atoms with Crippen LogP contribution in [0.4, 0.5) is 0 Å². The standard InChI is InChI=1S/C25H38O3/c1-3-4-7-14-24(26)22-18-16-21(17-19-22)23-13-10-12-20(23)11-8-5-6-9-15-25(27)28-2/h12,16-19,23-24,26H,3-11,13-15H2,1-2H3/t23-,24?/m0/s1. The summed E-state index contributed by atoms with van der Waals surface area (Å²) in [7, 11) is 1.45. The van der Waals surface area contributed by atoms with E-state index in [0.717, 1.165) is 37.7 Å². The first-order valence-electron chi connectivity index (χ1n) is 11.2. The van der Waals surface area contributed by atoms with Gasteiger partial charge >= 0.3 is 5.97 Å². The smallest absolute Gasteiger partial charge is 0.305 e. The maximum atomic E-state index is 11.1. The molecule has 0 aliphatic heterocycles. The summed E-state index contributed by atoms with van der Waals surface area (Å²) < 4.78 is 4.68. The fraction of sp³-hybridized carbons (Fsp3) is 0.640. The Hall–Kier alpha value is -1.61. The van der Waals surface area contributed by atoms with Gasteiger partial charge in [0.05, 0.1) is 13.2 Å². The highest BCUT2D eigenvalue weighted by Crippen LogP contribution is 2.38. The molecule has 0 amide bonds. The van der Waals surface area contributed by atoms with Crippen LogP contribution < -0.4 is 0 Å². The maximum Gasteiger partial charge on any atom is 0.305 e. The Kier molecular flexibility index (Phi) is 10.3. The summed E-state index contributed by atoms with van der Waals surface area (Å²) in [6.07, 6.45) is 14.9. The summed E-state index contributed by atoms with van der Waals surface area (Å²) in [6, 6.07) is 8.68. The number of carbonyl (C=O) groups is 1. The van der Waals surface area contributed by atoms with Crippen LogP contribution in [0.3, 0.4) is 0 Å². The van der Waals surface area contributed by atoms with Crippen molar-refractivity contribution in [2.75, 3.05) is 7.11 Å². The van der Waals surface area contributed by atoms with E-state index in [0.29, 0.717) is 12.3 Å². The lowest BCUT2D eigenvalue weighted by Crippen LogP contribution is -2.01. The molecule has 156 valence electrons. The second-order valence-electron chi connectivity index (χ2n) is 8.08. The van der Waals surface area contributed by atoms with E-state index in [-0.39, 0.29) is 12.1 Å². The number of aliphatic hydroxyl groups excluding tert-OH is 1. The van der Waals surface area contributed by atoms with Crippen molar-refractivity contribution in [3.05, 3.63) is 47.0 Å². The Labute approximate surface area is 171 Å². The summed E-state index contributed by atoms with van der Waals surface area (Å²) in [5, 5.41) is 10.4. The first-order valence-corrected chi connectivity index (χ1v) is 11.2. The van der Waals surface area contributed by atoms with Crippen molar-refractivity contribution in [1.29, 1.82) is 0 Å². The highest BCUT2D eigenvalue weighted by atomic mass is 16.5. The minimum absolute atomic E-state index is 0.0995. The molecule has 0 aromatic heterocycles. The Morgan fingerprint density at radius 1 is 1.11 bits per heavy atom. The first kappa shape index (κ1) is 22.7. The van der Waals surface area contributed by atoms with Gasteiger partial charge in [-0.25, -0.2) is 0 Å². The molecule has 0 saturated heterocycles. The van der Waals surface area contributed by atoms with E-state index in [1.54, 1.807) is 5.57 Å². The van der Waals surface area contributed by atoms with E-state index < -0.39 is 0 Å². The zero-order valence-electron chi connectivity index (χ0n) is 17.8. The Morgan fingerprint density at radius 3 is 2.57 bits per heavy atom. The molecule has 0 fully saturated rings. The average molecular weight is 387 g/mol. The van der Waals surface area contributed by atoms with Crippen molar-refractivity contribution in [2.24, 2.45) is 0 Å². The lowest BCUT2D eigenvalue weighted by atomic mass is 9.88. The third-order valence-corrected chi connectivity index (χ3v) is 5.94. The van der Waals surface area contributed by atoms with E-state index in [1.165, 1.54) is 51.2 Å². The quantitative estimate of drug-likeness (QED) is 0.235. The van der Waals surface area contributed by atoms with Crippen LogP contribution in [0.15, 0.2) is 35.9 Å². The normalized spacial score (nSPS) is 17.4. The zero-order valence-corrected chi connectivity index (χ0v) is 17.8. The van der Waals surface area contributed by atoms with Gasteiger partial charge < -0.3 is 9.84 Å². The molecule has 1 aromatic rings. The lowest BCUT2D eigenvalue weighted by Gasteiger charge is -2.17. The Balaban J connectivity index is 1.76. The van der Waals surface area contributed by atoms with E-state index >= 15 is 0 Å². The van der Waals surface area contributed by atoms with Crippen LogP contribution in [0.1, 0.15) is 107 Å². The van der Waals surface area contributed by atoms with Crippen LogP contribution >= 0.6 is 0 Å². The van der Waals surface area contributed by atoms with Crippen molar-refractivity contribution in [2.45, 2.75) is 96.0 Å². The number of unbranched alkanes of at least 4 members (excludes halogenated alkanes) is 5. The topological polar surface area (TPSA) is 46.5 Å². The summed E-state index contributed by atoms with van der Waals surface area (Å²) in [5.74, 6) is 0.443. The maximum absolute atomic E-state index is 11.1. The molecule has 2 rings (SSSR count). The van der Waals surface area contributed by atoms with Crippen LogP contribution in [0, 0.1) is 0 Å². The molecular formula is C25H38O3. The number of rotatable bonds is 13. The number of benzene rings is 1. The number of esters is 1. The molecule has 2 atom stereocenters. The van der Waals surface area contributed by atoms with Gasteiger partial charge in [0.1, 0.15) is 0 Å². The number of methoxy groups -OCH3 is 1. The monoisotopic (exact) mass is 386 g/mol. The molecule has 1 aromatic carbocycles. The second-order valence-corrected chi connectivity index (χ2v) is 8.08. The van der Waals surface area contributed by atoms with Crippen molar-refractivity contribution in [3.8, 4) is 0 Å². The minimum atomic E-state index is -0.329. The van der Waals surface area contributed by atoms with Gasteiger partial charge in [0.2, 0.25) is 0 Å². The molecule has 0 radical (unpaired) electrons. The van der Waals surface area contributed by atoms with Gasteiger partial charge in [-0.05, 0) is 49.7 Å². The predicted octanol–water partition coefficient (Wildman–Crippen LogP) is 6.62. The molecule has 3 heteroatoms. The number of ether oxygens (including phenoxy) is 1. The number of carbonyl (C=O) groups excluding carboxylic acids is 1. The van der Waals surface area contributed by atoms with Gasteiger partial charge in [-0.2, -0.15) is 0 Å². The first-order chi connectivity index (χ1) is 13.7. The van der Waals surface area contributed by atoms with E-state index in [4.69, 9.17) is 0 Å². The molecule has 0 bridgehead atoms. The highest BCUT2D eigenvalue weighted by molar-refractivity contribution is 5.68. The summed E-state index contributed by atoms with van der Waals surface area (Å²) in [5.41, 5.74) is 4.01. The summed E-state index contributed by atoms with van der Waals surface area (Å²) in [4.78, 5) is 11.1. The van der Waals surface area contributed by atoms with Crippen molar-refractivity contribution in [1.82, 2.24) is 0 Å². The van der Waals surface area contributed by atoms with Gasteiger partial charge in [-0.1, -0.05) is 74.9 Å². The zero-order chi connectivity index (χ0) is 20.2. The summed E-state index contributed by atoms with van der Waals surface area (Å²) in [6.45, 7) is 2.19. The van der Waals surface area contributed by atoms with Gasteiger partial charge in [0, 0.05) is 12.3 Å². The van der Waals surface area contributed by atoms with Crippen molar-refractivity contribution in [3.63, 3.8) is 0 Å². The van der Waals surface area contributed by atoms with E-state index in [2.05, 4.69) is 42.0 Å². The summed E-state index contributed by atoms with van der Waals surface area (Å²) >= 11 is 0. The van der Waals surface area contributed by atoms with Crippen LogP contribution in [-0.4, -0.2) is 18.2 Å². The third-order valence-electron chi connectivity index (χ3n) is 5.94. The molecule has 0 saturated carbocycles. The Bertz CT molecular complexity index is 603. The van der Waals surface area contributed by atoms with E-state index in [1.807, 2.05) is 0 Å². The van der Waals surface area contributed by atoms with Crippen LogP contribution in [-0.2, 0) is 9.53 Å². The molecular weight excluding hydrogens is 348 g/mol. The van der Waals surface area contributed by atoms with Gasteiger partial charge in [-0.3, -0.25) is 4.79 Å². The molecule has 0 heterocycles. The highest BCUT2D eigenvalue weighted by Gasteiger charge is 2.21. The third kappa shape index (κ3) is 7.43. The molecule has 1 unspecified atom stereocenters. The largest absolute Gasteiger partial charge is 0.469 e. The molecule has 1 N–H and O–H groups in total. The van der Waals surface area contributed by atoms with Crippen LogP contribution in [0.25, 0.3) is 0 Å². The number of hydrogen-bond donors (Lipinski definition) is 1. The molecule has 0 spiro atoms. The number of hydrogen-bond acceptors (Lipinski definition) is 3. The van der Waals surface area contributed by atoms with Crippen LogP contribution in [0.2, 0.25) is 0 Å². The fourth-order valence-electron chi connectivity index (χ4n) is 4.18. The predicted molar refractivity (Wildman–Crippen MR) is 115 cm³/mol. The van der Waals surface area contributed by atoms with Crippen molar-refractivity contribution >= 4 is 5.97 Å². The Morgan fingerprint density at radius 2 is 1.86 bits per heavy atom. The van der Waals surface area contributed by atoms with E-state index in [9.17, 15) is 9.90 Å². The molecule has 1 aliphatic rings. The molecule has 3 nitrogen and oxygen atoms in total. The van der Waals surface area contributed by atoms with Crippen molar-refractivity contribution < 1.29 is 14.6 Å². The van der Waals surface area contributed by atoms with Gasteiger partial charge in [-0.15, -0.1) is 0 Å². The number of allylic oxidation sites excluding steroid dienone is 2. The minimum Gasteiger partial charge on any atom is -0.469 e. The SMILES string of the molecule is CCCCCC(O)c1ccc([C@H]2CCC=C2CCCCCCC(=O)OC)cc1. The van der Waals surface area contributed by atoms with Gasteiger partial charge in [0.15, 0.2) is 0 Å². The molecule has 1 aliphatic carbocycles. The average Bonchev–Trinajstić information content (AvgIpc) is 3.19.